The molecule has 1 aromatic rings. The largest absolute Gasteiger partial charge is 0.493 e. The molecule has 0 saturated carbocycles. The molecular weight excluding hydrogens is 386 g/mol. The highest BCUT2D eigenvalue weighted by Gasteiger charge is 2.36. The molecule has 0 N–H and O–H groups in total. The molecule has 9 nitrogen and oxygen atoms in total. The number of benzene rings is 1. The predicted octanol–water partition coefficient (Wildman–Crippen LogP) is 1.24. The van der Waals surface area contributed by atoms with Crippen LogP contribution < -0.4 is 8.92 Å². The van der Waals surface area contributed by atoms with E-state index >= 15 is 0 Å². The van der Waals surface area contributed by atoms with E-state index in [1.807, 2.05) is 0 Å². The van der Waals surface area contributed by atoms with Crippen LogP contribution in [0.25, 0.3) is 6.08 Å². The van der Waals surface area contributed by atoms with E-state index in [9.17, 15) is 22.8 Å². The van der Waals surface area contributed by atoms with Gasteiger partial charge in [-0.15, -0.1) is 0 Å². The van der Waals surface area contributed by atoms with E-state index in [4.69, 9.17) is 8.92 Å². The molecule has 140 valence electrons. The van der Waals surface area contributed by atoms with E-state index in [0.29, 0.717) is 17.3 Å². The van der Waals surface area contributed by atoms with Crippen LogP contribution in [0.2, 0.25) is 0 Å². The zero-order valence-electron chi connectivity index (χ0n) is 14.0. The van der Waals surface area contributed by atoms with E-state index in [-0.39, 0.29) is 16.4 Å². The summed E-state index contributed by atoms with van der Waals surface area (Å²) in [6, 6.07) is 4.32. The molecule has 2 rings (SSSR count). The Bertz CT molecular complexity index is 891. The van der Waals surface area contributed by atoms with Crippen molar-refractivity contribution >= 4 is 45.1 Å². The van der Waals surface area contributed by atoms with Gasteiger partial charge in [-0.3, -0.25) is 19.3 Å². The maximum Gasteiger partial charge on any atom is 0.325 e. The van der Waals surface area contributed by atoms with Gasteiger partial charge < -0.3 is 13.7 Å². The highest BCUT2D eigenvalue weighted by atomic mass is 32.2. The van der Waals surface area contributed by atoms with E-state index in [0.717, 1.165) is 18.3 Å². The number of amides is 2. The van der Waals surface area contributed by atoms with Crippen molar-refractivity contribution in [2.24, 2.45) is 0 Å². The Balaban J connectivity index is 2.28. The number of imide groups is 1. The lowest BCUT2D eigenvalue weighted by atomic mass is 10.2. The molecule has 26 heavy (non-hydrogen) atoms. The van der Waals surface area contributed by atoms with Gasteiger partial charge in [0, 0.05) is 0 Å². The van der Waals surface area contributed by atoms with Gasteiger partial charge in [0.05, 0.1) is 25.4 Å². The number of ether oxygens (including phenoxy) is 2. The number of hydrogen-bond acceptors (Lipinski definition) is 9. The van der Waals surface area contributed by atoms with Gasteiger partial charge in [-0.25, -0.2) is 0 Å². The van der Waals surface area contributed by atoms with Crippen LogP contribution in [0.1, 0.15) is 5.56 Å². The molecule has 1 fully saturated rings. The van der Waals surface area contributed by atoms with E-state index in [2.05, 4.69) is 4.74 Å². The Hall–Kier alpha value is -2.53. The summed E-state index contributed by atoms with van der Waals surface area (Å²) >= 11 is 0.680. The quantitative estimate of drug-likeness (QED) is 0.394. The fourth-order valence-corrected chi connectivity index (χ4v) is 3.29. The summed E-state index contributed by atoms with van der Waals surface area (Å²) in [5, 5.41) is -0.587. The molecule has 0 aromatic heterocycles. The van der Waals surface area contributed by atoms with Crippen molar-refractivity contribution in [3.05, 3.63) is 28.7 Å². The molecule has 1 aliphatic rings. The van der Waals surface area contributed by atoms with Crippen LogP contribution in [-0.2, 0) is 24.4 Å². The molecule has 11 heteroatoms. The lowest BCUT2D eigenvalue weighted by molar-refractivity contribution is -0.143. The number of thioether (sulfide) groups is 1. The van der Waals surface area contributed by atoms with Crippen LogP contribution >= 0.6 is 11.8 Å². The molecule has 0 unspecified atom stereocenters. The number of esters is 1. The Morgan fingerprint density at radius 2 is 1.92 bits per heavy atom. The molecule has 0 spiro atoms. The number of nitrogens with zero attached hydrogens (tertiary/aromatic N) is 1. The first kappa shape index (κ1) is 19.8. The number of hydrogen-bond donors (Lipinski definition) is 0. The fraction of sp³-hybridized carbons (Fsp3) is 0.267. The third-order valence-corrected chi connectivity index (χ3v) is 4.50. The standard InChI is InChI=1S/C15H15NO8S2/c1-22-11-6-9(4-5-10(11)24-26(3,20)21)7-12-14(18)16(15(19)25-12)8-13(17)23-2/h4-7H,8H2,1-3H3/b12-7-. The first-order valence-electron chi connectivity index (χ1n) is 7.04. The third kappa shape index (κ3) is 4.76. The van der Waals surface area contributed by atoms with Gasteiger partial charge in [0.25, 0.3) is 11.1 Å². The average Bonchev–Trinajstić information content (AvgIpc) is 2.82. The molecule has 0 atom stereocenters. The molecule has 0 radical (unpaired) electrons. The van der Waals surface area contributed by atoms with E-state index in [1.54, 1.807) is 0 Å². The molecule has 2 amide bonds. The van der Waals surface area contributed by atoms with Crippen LogP contribution in [0.15, 0.2) is 23.1 Å². The molecule has 0 aliphatic carbocycles. The zero-order valence-corrected chi connectivity index (χ0v) is 15.7. The van der Waals surface area contributed by atoms with Crippen LogP contribution in [0.4, 0.5) is 4.79 Å². The van der Waals surface area contributed by atoms with Crippen molar-refractivity contribution < 1.29 is 36.5 Å². The van der Waals surface area contributed by atoms with Gasteiger partial charge in [0.2, 0.25) is 0 Å². The van der Waals surface area contributed by atoms with Gasteiger partial charge in [0.1, 0.15) is 6.54 Å². The van der Waals surface area contributed by atoms with Crippen molar-refractivity contribution in [3.8, 4) is 11.5 Å². The molecular formula is C15H15NO8S2. The summed E-state index contributed by atoms with van der Waals surface area (Å²) in [6.07, 6.45) is 2.33. The van der Waals surface area contributed by atoms with Crippen LogP contribution in [0.3, 0.4) is 0 Å². The lowest BCUT2D eigenvalue weighted by Crippen LogP contribution is -2.34. The second-order valence-electron chi connectivity index (χ2n) is 5.04. The SMILES string of the molecule is COC(=O)CN1C(=O)S/C(=C\c2ccc(OS(C)(=O)=O)c(OC)c2)C1=O. The fourth-order valence-electron chi connectivity index (χ4n) is 1.99. The minimum atomic E-state index is -3.73. The van der Waals surface area contributed by atoms with Gasteiger partial charge in [0.15, 0.2) is 11.5 Å². The van der Waals surface area contributed by atoms with Gasteiger partial charge in [-0.05, 0) is 35.5 Å². The summed E-state index contributed by atoms with van der Waals surface area (Å²) in [7, 11) is -1.24. The summed E-state index contributed by atoms with van der Waals surface area (Å²) < 4.78 is 36.8. The number of rotatable bonds is 6. The van der Waals surface area contributed by atoms with Crippen LogP contribution in [0, 0.1) is 0 Å². The second-order valence-corrected chi connectivity index (χ2v) is 7.61. The Kier molecular flexibility index (Phi) is 5.93. The van der Waals surface area contributed by atoms with E-state index in [1.165, 1.54) is 31.4 Å². The van der Waals surface area contributed by atoms with E-state index < -0.39 is 33.8 Å². The molecule has 1 aromatic carbocycles. The smallest absolute Gasteiger partial charge is 0.325 e. The molecule has 1 saturated heterocycles. The zero-order chi connectivity index (χ0) is 19.5. The first-order valence-corrected chi connectivity index (χ1v) is 9.67. The average molecular weight is 401 g/mol. The van der Waals surface area contributed by atoms with Crippen molar-refractivity contribution in [2.45, 2.75) is 0 Å². The number of carbonyl (C=O) groups is 3. The summed E-state index contributed by atoms with van der Waals surface area (Å²) in [4.78, 5) is 36.3. The van der Waals surface area contributed by atoms with Gasteiger partial charge in [-0.2, -0.15) is 8.42 Å². The predicted molar refractivity (Wildman–Crippen MR) is 93.2 cm³/mol. The Labute approximate surface area is 154 Å². The third-order valence-electron chi connectivity index (χ3n) is 3.12. The normalized spacial score (nSPS) is 16.1. The number of methoxy groups -OCH3 is 2. The van der Waals surface area contributed by atoms with Crippen molar-refractivity contribution in [1.29, 1.82) is 0 Å². The van der Waals surface area contributed by atoms with Crippen molar-refractivity contribution in [3.63, 3.8) is 0 Å². The number of carbonyl (C=O) groups excluding carboxylic acids is 3. The van der Waals surface area contributed by atoms with Crippen molar-refractivity contribution in [1.82, 2.24) is 4.90 Å². The monoisotopic (exact) mass is 401 g/mol. The first-order chi connectivity index (χ1) is 12.1. The topological polar surface area (TPSA) is 116 Å². The lowest BCUT2D eigenvalue weighted by Gasteiger charge is -2.10. The Morgan fingerprint density at radius 3 is 2.50 bits per heavy atom. The minimum absolute atomic E-state index is 0.00838. The minimum Gasteiger partial charge on any atom is -0.493 e. The van der Waals surface area contributed by atoms with Gasteiger partial charge in [-0.1, -0.05) is 6.07 Å². The Morgan fingerprint density at radius 1 is 1.23 bits per heavy atom. The van der Waals surface area contributed by atoms with Gasteiger partial charge >= 0.3 is 16.1 Å². The summed E-state index contributed by atoms with van der Waals surface area (Å²) in [5.74, 6) is -1.21. The molecule has 0 bridgehead atoms. The highest BCUT2D eigenvalue weighted by molar-refractivity contribution is 8.18. The molecule has 1 heterocycles. The maximum atomic E-state index is 12.3. The maximum absolute atomic E-state index is 12.3. The molecule has 1 aliphatic heterocycles. The van der Waals surface area contributed by atoms with Crippen LogP contribution in [-0.4, -0.2) is 57.5 Å². The summed E-state index contributed by atoms with van der Waals surface area (Å²) in [6.45, 7) is -0.469. The highest BCUT2D eigenvalue weighted by Crippen LogP contribution is 2.34. The van der Waals surface area contributed by atoms with Crippen molar-refractivity contribution in [2.75, 3.05) is 27.0 Å². The summed E-state index contributed by atoms with van der Waals surface area (Å²) in [5.41, 5.74) is 0.478. The van der Waals surface area contributed by atoms with Crippen LogP contribution in [0.5, 0.6) is 11.5 Å². The second kappa shape index (κ2) is 7.79.